The zero-order valence-corrected chi connectivity index (χ0v) is 23.2. The Labute approximate surface area is 222 Å². The van der Waals surface area contributed by atoms with E-state index in [2.05, 4.69) is 5.32 Å². The first kappa shape index (κ1) is 29.2. The first-order valence-electron chi connectivity index (χ1n) is 11.1. The van der Waals surface area contributed by atoms with Crippen molar-refractivity contribution >= 4 is 62.3 Å². The molecule has 2 aromatic rings. The summed E-state index contributed by atoms with van der Waals surface area (Å²) in [4.78, 5) is 27.4. The monoisotopic (exact) mass is 561 g/mol. The van der Waals surface area contributed by atoms with Crippen molar-refractivity contribution in [2.75, 3.05) is 17.1 Å². The van der Waals surface area contributed by atoms with Gasteiger partial charge in [0.25, 0.3) is 0 Å². The number of anilines is 1. The molecule has 0 radical (unpaired) electrons. The van der Waals surface area contributed by atoms with Crippen LogP contribution >= 0.6 is 34.8 Å². The van der Waals surface area contributed by atoms with E-state index in [1.807, 2.05) is 13.8 Å². The van der Waals surface area contributed by atoms with Gasteiger partial charge in [-0.3, -0.25) is 13.9 Å². The lowest BCUT2D eigenvalue weighted by molar-refractivity contribution is -0.140. The Hall–Kier alpha value is -2.00. The molecule has 0 aromatic heterocycles. The highest BCUT2D eigenvalue weighted by atomic mass is 35.5. The standard InChI is InChI=1S/C24H30Cl3N3O4S/c1-16(2)28-24(32)17(3)29(15-18-7-8-20(26)14-22(18)27)23(31)6-5-13-30(35(4,33)34)21-11-9-19(25)10-12-21/h7-12,14,16-17H,5-6,13,15H2,1-4H3,(H,28,32)/t17-/m1/s1. The van der Waals surface area contributed by atoms with E-state index in [4.69, 9.17) is 34.8 Å². The number of carbonyl (C=O) groups is 2. The van der Waals surface area contributed by atoms with Crippen LogP contribution in [-0.2, 0) is 26.2 Å². The first-order chi connectivity index (χ1) is 16.3. The lowest BCUT2D eigenvalue weighted by Crippen LogP contribution is -2.49. The number of amides is 2. The number of halogens is 3. The van der Waals surface area contributed by atoms with Crippen LogP contribution < -0.4 is 9.62 Å². The molecular weight excluding hydrogens is 533 g/mol. The van der Waals surface area contributed by atoms with Crippen molar-refractivity contribution in [1.82, 2.24) is 10.2 Å². The Balaban J connectivity index is 2.19. The van der Waals surface area contributed by atoms with Gasteiger partial charge in [-0.25, -0.2) is 8.42 Å². The van der Waals surface area contributed by atoms with Crippen molar-refractivity contribution in [3.05, 3.63) is 63.1 Å². The maximum Gasteiger partial charge on any atom is 0.242 e. The third-order valence-corrected chi connectivity index (χ3v) is 7.25. The Bertz CT molecular complexity index is 1140. The van der Waals surface area contributed by atoms with Crippen LogP contribution in [0.5, 0.6) is 0 Å². The molecule has 0 saturated carbocycles. The molecule has 11 heteroatoms. The van der Waals surface area contributed by atoms with Crippen LogP contribution in [0.25, 0.3) is 0 Å². The molecular formula is C24H30Cl3N3O4S. The summed E-state index contributed by atoms with van der Waals surface area (Å²) in [5.41, 5.74) is 1.10. The molecule has 0 aliphatic rings. The van der Waals surface area contributed by atoms with Crippen LogP contribution in [-0.4, -0.2) is 50.0 Å². The fraction of sp³-hybridized carbons (Fsp3) is 0.417. The fourth-order valence-electron chi connectivity index (χ4n) is 3.43. The zero-order chi connectivity index (χ0) is 26.3. The van der Waals surface area contributed by atoms with Crippen LogP contribution in [0.4, 0.5) is 5.69 Å². The minimum atomic E-state index is -3.58. The Morgan fingerprint density at radius 1 is 0.971 bits per heavy atom. The van der Waals surface area contributed by atoms with Crippen LogP contribution in [0.15, 0.2) is 42.5 Å². The van der Waals surface area contributed by atoms with E-state index < -0.39 is 16.1 Å². The van der Waals surface area contributed by atoms with E-state index in [-0.39, 0.29) is 43.8 Å². The van der Waals surface area contributed by atoms with Crippen LogP contribution in [0.2, 0.25) is 15.1 Å². The predicted molar refractivity (Wildman–Crippen MR) is 143 cm³/mol. The highest BCUT2D eigenvalue weighted by Gasteiger charge is 2.27. The van der Waals surface area contributed by atoms with E-state index >= 15 is 0 Å². The van der Waals surface area contributed by atoms with Crippen LogP contribution in [0.1, 0.15) is 39.2 Å². The van der Waals surface area contributed by atoms with Crippen molar-refractivity contribution in [3.63, 3.8) is 0 Å². The second-order valence-corrected chi connectivity index (χ2v) is 11.7. The van der Waals surface area contributed by atoms with E-state index in [0.717, 1.165) is 6.26 Å². The van der Waals surface area contributed by atoms with Crippen molar-refractivity contribution in [2.24, 2.45) is 0 Å². The third kappa shape index (κ3) is 8.86. The van der Waals surface area contributed by atoms with Gasteiger partial charge >= 0.3 is 0 Å². The topological polar surface area (TPSA) is 86.8 Å². The summed E-state index contributed by atoms with van der Waals surface area (Å²) in [5.74, 6) is -0.593. The number of benzene rings is 2. The normalized spacial score (nSPS) is 12.3. The number of nitrogens with zero attached hydrogens (tertiary/aromatic N) is 2. The van der Waals surface area contributed by atoms with Crippen LogP contribution in [0, 0.1) is 0 Å². The number of sulfonamides is 1. The molecule has 0 saturated heterocycles. The summed E-state index contributed by atoms with van der Waals surface area (Å²) in [5, 5.41) is 4.16. The Kier molecular flexibility index (Phi) is 10.7. The van der Waals surface area contributed by atoms with Gasteiger partial charge in [-0.2, -0.15) is 0 Å². The van der Waals surface area contributed by atoms with Gasteiger partial charge in [-0.15, -0.1) is 0 Å². The van der Waals surface area contributed by atoms with E-state index in [1.54, 1.807) is 49.4 Å². The van der Waals surface area contributed by atoms with Gasteiger partial charge in [-0.05, 0) is 69.2 Å². The van der Waals surface area contributed by atoms with Crippen LogP contribution in [0.3, 0.4) is 0 Å². The second kappa shape index (κ2) is 12.8. The summed E-state index contributed by atoms with van der Waals surface area (Å²) in [6, 6.07) is 10.5. The molecule has 0 fully saturated rings. The minimum Gasteiger partial charge on any atom is -0.352 e. The first-order valence-corrected chi connectivity index (χ1v) is 14.0. The predicted octanol–water partition coefficient (Wildman–Crippen LogP) is 5.13. The largest absolute Gasteiger partial charge is 0.352 e. The molecule has 2 rings (SSSR count). The Morgan fingerprint density at radius 3 is 2.11 bits per heavy atom. The summed E-state index contributed by atoms with van der Waals surface area (Å²) in [6.07, 6.45) is 1.39. The summed E-state index contributed by atoms with van der Waals surface area (Å²) >= 11 is 18.2. The number of rotatable bonds is 11. The molecule has 7 nitrogen and oxygen atoms in total. The molecule has 0 spiro atoms. The summed E-state index contributed by atoms with van der Waals surface area (Å²) in [6.45, 7) is 5.52. The molecule has 192 valence electrons. The lowest BCUT2D eigenvalue weighted by Gasteiger charge is -2.30. The van der Waals surface area contributed by atoms with E-state index in [9.17, 15) is 18.0 Å². The molecule has 0 bridgehead atoms. The quantitative estimate of drug-likeness (QED) is 0.411. The highest BCUT2D eigenvalue weighted by Crippen LogP contribution is 2.24. The van der Waals surface area contributed by atoms with Gasteiger partial charge in [-0.1, -0.05) is 40.9 Å². The molecule has 0 aliphatic carbocycles. The number of hydrogen-bond acceptors (Lipinski definition) is 4. The van der Waals surface area contributed by atoms with Gasteiger partial charge in [0.2, 0.25) is 21.8 Å². The van der Waals surface area contributed by atoms with Gasteiger partial charge in [0.1, 0.15) is 6.04 Å². The molecule has 1 atom stereocenters. The van der Waals surface area contributed by atoms with Gasteiger partial charge in [0.15, 0.2) is 0 Å². The fourth-order valence-corrected chi connectivity index (χ4v) is 4.99. The summed E-state index contributed by atoms with van der Waals surface area (Å²) < 4.78 is 25.9. The van der Waals surface area contributed by atoms with Gasteiger partial charge in [0.05, 0.1) is 11.9 Å². The summed E-state index contributed by atoms with van der Waals surface area (Å²) in [7, 11) is -3.58. The Morgan fingerprint density at radius 2 is 1.57 bits per heavy atom. The number of carbonyl (C=O) groups excluding carboxylic acids is 2. The van der Waals surface area contributed by atoms with Crippen molar-refractivity contribution in [2.45, 2.75) is 52.2 Å². The van der Waals surface area contributed by atoms with Crippen molar-refractivity contribution in [1.29, 1.82) is 0 Å². The maximum absolute atomic E-state index is 13.3. The molecule has 0 aliphatic heterocycles. The molecule has 0 unspecified atom stereocenters. The molecule has 2 aromatic carbocycles. The smallest absolute Gasteiger partial charge is 0.242 e. The molecule has 1 N–H and O–H groups in total. The van der Waals surface area contributed by atoms with E-state index in [0.29, 0.717) is 26.3 Å². The lowest BCUT2D eigenvalue weighted by atomic mass is 10.1. The zero-order valence-electron chi connectivity index (χ0n) is 20.1. The third-order valence-electron chi connectivity index (χ3n) is 5.22. The maximum atomic E-state index is 13.3. The average molecular weight is 563 g/mol. The second-order valence-electron chi connectivity index (χ2n) is 8.51. The molecule has 0 heterocycles. The molecule has 2 amide bonds. The number of hydrogen-bond donors (Lipinski definition) is 1. The van der Waals surface area contributed by atoms with E-state index in [1.165, 1.54) is 9.21 Å². The average Bonchev–Trinajstić information content (AvgIpc) is 2.75. The minimum absolute atomic E-state index is 0.0319. The van der Waals surface area contributed by atoms with Crippen molar-refractivity contribution < 1.29 is 18.0 Å². The van der Waals surface area contributed by atoms with Gasteiger partial charge in [0, 0.05) is 40.6 Å². The SMILES string of the molecule is CC(C)NC(=O)[C@@H](C)N(Cc1ccc(Cl)cc1Cl)C(=O)CCCN(c1ccc(Cl)cc1)S(C)(=O)=O. The van der Waals surface area contributed by atoms with Crippen molar-refractivity contribution in [3.8, 4) is 0 Å². The van der Waals surface area contributed by atoms with Gasteiger partial charge < -0.3 is 10.2 Å². The number of nitrogens with one attached hydrogen (secondary N) is 1. The molecule has 35 heavy (non-hydrogen) atoms. The highest BCUT2D eigenvalue weighted by molar-refractivity contribution is 7.92.